The number of benzene rings is 2. The Labute approximate surface area is 150 Å². The molecule has 2 aromatic carbocycles. The Morgan fingerprint density at radius 2 is 1.74 bits per heavy atom. The van der Waals surface area contributed by atoms with Gasteiger partial charge in [-0.15, -0.1) is 0 Å². The van der Waals surface area contributed by atoms with E-state index in [1.807, 2.05) is 0 Å². The van der Waals surface area contributed by atoms with E-state index in [9.17, 15) is 22.4 Å². The monoisotopic (exact) mass is 376 g/mol. The Balaban J connectivity index is 2.23. The van der Waals surface area contributed by atoms with Crippen LogP contribution in [0.2, 0.25) is 0 Å². The van der Waals surface area contributed by atoms with Crippen LogP contribution in [0.1, 0.15) is 15.9 Å². The molecule has 4 N–H and O–H groups in total. The first-order chi connectivity index (χ1) is 12.7. The van der Waals surface area contributed by atoms with Crippen molar-refractivity contribution in [3.63, 3.8) is 0 Å². The van der Waals surface area contributed by atoms with E-state index >= 15 is 0 Å². The molecule has 3 rings (SSSR count). The van der Waals surface area contributed by atoms with Crippen molar-refractivity contribution in [3.05, 3.63) is 65.6 Å². The number of pyridine rings is 1. The van der Waals surface area contributed by atoms with Gasteiger partial charge in [0, 0.05) is 22.7 Å². The highest BCUT2D eigenvalue weighted by Crippen LogP contribution is 2.36. The first-order valence-corrected chi connectivity index (χ1v) is 7.56. The molecule has 0 radical (unpaired) electrons. The molecule has 0 bridgehead atoms. The maximum atomic E-state index is 14.3. The highest BCUT2D eigenvalue weighted by molar-refractivity contribution is 6.05. The van der Waals surface area contributed by atoms with Crippen molar-refractivity contribution in [1.82, 2.24) is 4.98 Å². The molecule has 0 atom stereocenters. The van der Waals surface area contributed by atoms with Gasteiger partial charge in [-0.2, -0.15) is 18.2 Å². The highest BCUT2D eigenvalue weighted by atomic mass is 19.4. The third kappa shape index (κ3) is 3.71. The van der Waals surface area contributed by atoms with Gasteiger partial charge < -0.3 is 11.5 Å². The summed E-state index contributed by atoms with van der Waals surface area (Å²) >= 11 is 0. The zero-order chi connectivity index (χ0) is 19.8. The second-order valence-corrected chi connectivity index (χ2v) is 5.62. The molecule has 0 spiro atoms. The molecule has 1 heterocycles. The van der Waals surface area contributed by atoms with E-state index in [2.05, 4.69) is 9.98 Å². The van der Waals surface area contributed by atoms with Crippen LogP contribution in [0.3, 0.4) is 0 Å². The van der Waals surface area contributed by atoms with Gasteiger partial charge in [0.25, 0.3) is 5.91 Å². The van der Waals surface area contributed by atoms with Crippen LogP contribution in [0.5, 0.6) is 0 Å². The standard InChI is InChI=1S/C18H12F4N4O/c19-14-3-2-10(18(20,21)22)8-12(14)11-5-6-25-15-4-1-9(7-13(11)15)16(27)26-17(23)24/h1-8H,(H4,23,24,26,27). The van der Waals surface area contributed by atoms with Crippen molar-refractivity contribution in [3.8, 4) is 11.1 Å². The molecule has 138 valence electrons. The smallest absolute Gasteiger partial charge is 0.370 e. The number of guanidine groups is 1. The molecular formula is C18H12F4N4O. The number of carbonyl (C=O) groups is 1. The number of hydrogen-bond acceptors (Lipinski definition) is 2. The van der Waals surface area contributed by atoms with E-state index in [4.69, 9.17) is 11.5 Å². The van der Waals surface area contributed by atoms with E-state index in [-0.39, 0.29) is 22.1 Å². The van der Waals surface area contributed by atoms with Crippen LogP contribution in [0, 0.1) is 5.82 Å². The normalized spacial score (nSPS) is 11.4. The summed E-state index contributed by atoms with van der Waals surface area (Å²) in [7, 11) is 0. The molecule has 0 unspecified atom stereocenters. The number of nitrogens with zero attached hydrogens (tertiary/aromatic N) is 2. The molecular weight excluding hydrogens is 364 g/mol. The quantitative estimate of drug-likeness (QED) is 0.407. The van der Waals surface area contributed by atoms with E-state index < -0.39 is 29.4 Å². The van der Waals surface area contributed by atoms with Crippen LogP contribution >= 0.6 is 0 Å². The summed E-state index contributed by atoms with van der Waals surface area (Å²) < 4.78 is 53.3. The van der Waals surface area contributed by atoms with Crippen LogP contribution in [0.15, 0.2) is 53.7 Å². The van der Waals surface area contributed by atoms with Crippen molar-refractivity contribution in [2.24, 2.45) is 16.5 Å². The lowest BCUT2D eigenvalue weighted by molar-refractivity contribution is -0.137. The number of rotatable bonds is 2. The van der Waals surface area contributed by atoms with Gasteiger partial charge in [-0.05, 0) is 48.0 Å². The third-order valence-corrected chi connectivity index (χ3v) is 3.80. The van der Waals surface area contributed by atoms with Crippen LogP contribution in [0.4, 0.5) is 17.6 Å². The number of hydrogen-bond donors (Lipinski definition) is 2. The number of aliphatic imine (C=N–C) groups is 1. The molecule has 0 fully saturated rings. The molecule has 0 aliphatic heterocycles. The first-order valence-electron chi connectivity index (χ1n) is 7.56. The summed E-state index contributed by atoms with van der Waals surface area (Å²) in [6, 6.07) is 7.74. The van der Waals surface area contributed by atoms with E-state index in [0.29, 0.717) is 17.6 Å². The fourth-order valence-corrected chi connectivity index (χ4v) is 2.60. The average molecular weight is 376 g/mol. The lowest BCUT2D eigenvalue weighted by Crippen LogP contribution is -2.24. The predicted octanol–water partition coefficient (Wildman–Crippen LogP) is 3.47. The van der Waals surface area contributed by atoms with Crippen molar-refractivity contribution in [2.45, 2.75) is 6.18 Å². The van der Waals surface area contributed by atoms with Crippen molar-refractivity contribution < 1.29 is 22.4 Å². The van der Waals surface area contributed by atoms with Crippen LogP contribution in [-0.4, -0.2) is 16.9 Å². The number of aromatic nitrogens is 1. The number of carbonyl (C=O) groups excluding carboxylic acids is 1. The Bertz CT molecular complexity index is 1070. The number of halogens is 4. The van der Waals surface area contributed by atoms with E-state index in [1.165, 1.54) is 30.5 Å². The topological polar surface area (TPSA) is 94.4 Å². The number of nitrogens with two attached hydrogens (primary N) is 2. The predicted molar refractivity (Wildman–Crippen MR) is 92.3 cm³/mol. The number of amides is 1. The fourth-order valence-electron chi connectivity index (χ4n) is 2.60. The number of alkyl halides is 3. The zero-order valence-electron chi connectivity index (χ0n) is 13.6. The van der Waals surface area contributed by atoms with Gasteiger partial charge in [0.05, 0.1) is 11.1 Å². The van der Waals surface area contributed by atoms with Gasteiger partial charge >= 0.3 is 6.18 Å². The second kappa shape index (κ2) is 6.67. The molecule has 0 aliphatic carbocycles. The Morgan fingerprint density at radius 3 is 2.41 bits per heavy atom. The number of fused-ring (bicyclic) bond motifs is 1. The first kappa shape index (κ1) is 18.3. The Morgan fingerprint density at radius 1 is 1.00 bits per heavy atom. The maximum Gasteiger partial charge on any atom is 0.416 e. The minimum absolute atomic E-state index is 0.0811. The van der Waals surface area contributed by atoms with Crippen LogP contribution in [0.25, 0.3) is 22.0 Å². The Hall–Kier alpha value is -3.49. The van der Waals surface area contributed by atoms with Gasteiger partial charge in [-0.25, -0.2) is 4.39 Å². The van der Waals surface area contributed by atoms with Gasteiger partial charge in [0.15, 0.2) is 5.96 Å². The van der Waals surface area contributed by atoms with Gasteiger partial charge in [0.2, 0.25) is 0 Å². The van der Waals surface area contributed by atoms with E-state index in [0.717, 1.165) is 6.07 Å². The van der Waals surface area contributed by atoms with Crippen LogP contribution < -0.4 is 11.5 Å². The maximum absolute atomic E-state index is 14.3. The van der Waals surface area contributed by atoms with Crippen molar-refractivity contribution in [2.75, 3.05) is 0 Å². The Kier molecular flexibility index (Phi) is 4.52. The molecule has 0 saturated carbocycles. The molecule has 1 amide bonds. The molecule has 9 heteroatoms. The highest BCUT2D eigenvalue weighted by Gasteiger charge is 2.31. The minimum Gasteiger partial charge on any atom is -0.370 e. The summed E-state index contributed by atoms with van der Waals surface area (Å²) in [6.45, 7) is 0. The lowest BCUT2D eigenvalue weighted by Gasteiger charge is -2.12. The van der Waals surface area contributed by atoms with Gasteiger partial charge in [0.1, 0.15) is 5.82 Å². The molecule has 27 heavy (non-hydrogen) atoms. The summed E-state index contributed by atoms with van der Waals surface area (Å²) in [5.41, 5.74) is 9.71. The average Bonchev–Trinajstić information content (AvgIpc) is 2.59. The summed E-state index contributed by atoms with van der Waals surface area (Å²) in [6.07, 6.45) is -3.28. The molecule has 3 aromatic rings. The summed E-state index contributed by atoms with van der Waals surface area (Å²) in [5, 5.41) is 0.285. The lowest BCUT2D eigenvalue weighted by atomic mass is 9.97. The molecule has 0 saturated heterocycles. The third-order valence-electron chi connectivity index (χ3n) is 3.80. The summed E-state index contributed by atoms with van der Waals surface area (Å²) in [5.74, 6) is -2.01. The molecule has 0 aliphatic rings. The van der Waals surface area contributed by atoms with Crippen LogP contribution in [-0.2, 0) is 6.18 Å². The molecule has 5 nitrogen and oxygen atoms in total. The second-order valence-electron chi connectivity index (χ2n) is 5.62. The zero-order valence-corrected chi connectivity index (χ0v) is 13.6. The fraction of sp³-hybridized carbons (Fsp3) is 0.0556. The summed E-state index contributed by atoms with van der Waals surface area (Å²) in [4.78, 5) is 19.5. The van der Waals surface area contributed by atoms with E-state index in [1.54, 1.807) is 0 Å². The minimum atomic E-state index is -4.63. The molecule has 1 aromatic heterocycles. The van der Waals surface area contributed by atoms with Gasteiger partial charge in [-0.3, -0.25) is 9.78 Å². The largest absolute Gasteiger partial charge is 0.416 e. The van der Waals surface area contributed by atoms with Crippen molar-refractivity contribution in [1.29, 1.82) is 0 Å². The SMILES string of the molecule is NC(N)=NC(=O)c1ccc2nccc(-c3cc(C(F)(F)F)ccc3F)c2c1. The van der Waals surface area contributed by atoms with Gasteiger partial charge in [-0.1, -0.05) is 0 Å². The van der Waals surface area contributed by atoms with Crippen molar-refractivity contribution >= 4 is 22.8 Å².